The molecule has 6 heteroatoms. The summed E-state index contributed by atoms with van der Waals surface area (Å²) < 4.78 is 1.78. The zero-order valence-electron chi connectivity index (χ0n) is 11.2. The Labute approximate surface area is 112 Å². The summed E-state index contributed by atoms with van der Waals surface area (Å²) in [5.41, 5.74) is 11.3. The van der Waals surface area contributed by atoms with Crippen molar-refractivity contribution >= 4 is 17.9 Å². The van der Waals surface area contributed by atoms with Gasteiger partial charge in [-0.25, -0.2) is 0 Å². The number of carbonyl (C=O) groups is 1. The maximum atomic E-state index is 11.2. The maximum Gasteiger partial charge on any atom is 0.254 e. The number of aromatic nitrogens is 2. The summed E-state index contributed by atoms with van der Waals surface area (Å²) >= 11 is 0. The summed E-state index contributed by atoms with van der Waals surface area (Å²) in [5.74, 6) is 0.217. The van der Waals surface area contributed by atoms with Crippen molar-refractivity contribution in [3.8, 4) is 0 Å². The van der Waals surface area contributed by atoms with Gasteiger partial charge in [-0.3, -0.25) is 9.48 Å². The summed E-state index contributed by atoms with van der Waals surface area (Å²) in [4.78, 5) is 11.2. The number of primary amides is 1. The lowest BCUT2D eigenvalue weighted by Gasteiger charge is -2.34. The molecule has 0 radical (unpaired) electrons. The third-order valence-electron chi connectivity index (χ3n) is 4.09. The van der Waals surface area contributed by atoms with Crippen LogP contribution in [0.2, 0.25) is 0 Å². The van der Waals surface area contributed by atoms with Crippen LogP contribution < -0.4 is 11.5 Å². The van der Waals surface area contributed by atoms with Crippen LogP contribution in [0.4, 0.5) is 5.82 Å². The molecule has 1 saturated carbocycles. The quantitative estimate of drug-likeness (QED) is 0.717. The minimum Gasteiger partial charge on any atom is -0.382 e. The number of nitrogen functional groups attached to an aromatic ring is 1. The molecule has 0 saturated heterocycles. The lowest BCUT2D eigenvalue weighted by Crippen LogP contribution is -2.29. The third kappa shape index (κ3) is 2.62. The molecule has 104 valence electrons. The predicted octanol–water partition coefficient (Wildman–Crippen LogP) is 1.58. The number of carbonyl (C=O) groups excluding carboxylic acids is 1. The van der Waals surface area contributed by atoms with E-state index in [1.165, 1.54) is 12.6 Å². The molecule has 0 aromatic carbocycles. The first-order chi connectivity index (χ1) is 9.04. The summed E-state index contributed by atoms with van der Waals surface area (Å²) in [6, 6.07) is 0.195. The van der Waals surface area contributed by atoms with Crippen molar-refractivity contribution < 1.29 is 4.79 Å². The van der Waals surface area contributed by atoms with Gasteiger partial charge >= 0.3 is 0 Å². The molecule has 1 amide bonds. The van der Waals surface area contributed by atoms with Crippen molar-refractivity contribution in [3.63, 3.8) is 0 Å². The number of nitrogens with two attached hydrogens (primary N) is 2. The number of nitrogens with one attached hydrogen (secondary N) is 1. The topological polar surface area (TPSA) is 111 Å². The average molecular weight is 263 g/mol. The van der Waals surface area contributed by atoms with Crippen LogP contribution >= 0.6 is 0 Å². The maximum absolute atomic E-state index is 11.2. The van der Waals surface area contributed by atoms with E-state index in [2.05, 4.69) is 12.0 Å². The minimum absolute atomic E-state index is 0.194. The molecule has 5 N–H and O–H groups in total. The van der Waals surface area contributed by atoms with Crippen molar-refractivity contribution in [3.05, 3.63) is 11.8 Å². The van der Waals surface area contributed by atoms with Crippen LogP contribution in [0, 0.1) is 17.2 Å². The highest BCUT2D eigenvalue weighted by atomic mass is 16.1. The molecular formula is C13H21N5O. The summed E-state index contributed by atoms with van der Waals surface area (Å²) in [5, 5.41) is 11.7. The van der Waals surface area contributed by atoms with Gasteiger partial charge in [-0.2, -0.15) is 5.10 Å². The Bertz CT molecular complexity index is 481. The monoisotopic (exact) mass is 263 g/mol. The molecule has 2 rings (SSSR count). The number of nitrogens with zero attached hydrogens (tertiary/aromatic N) is 2. The second kappa shape index (κ2) is 5.42. The highest BCUT2D eigenvalue weighted by molar-refractivity contribution is 5.96. The second-order valence-electron chi connectivity index (χ2n) is 5.31. The Kier molecular flexibility index (Phi) is 3.87. The molecule has 1 aliphatic rings. The van der Waals surface area contributed by atoms with Crippen LogP contribution in [-0.4, -0.2) is 21.9 Å². The molecule has 6 nitrogen and oxygen atoms in total. The number of hydrogen-bond donors (Lipinski definition) is 3. The second-order valence-corrected chi connectivity index (χ2v) is 5.31. The smallest absolute Gasteiger partial charge is 0.254 e. The molecule has 1 aromatic heterocycles. The van der Waals surface area contributed by atoms with E-state index in [1.807, 2.05) is 0 Å². The zero-order valence-corrected chi connectivity index (χ0v) is 11.2. The molecule has 1 aliphatic carbocycles. The first-order valence-corrected chi connectivity index (χ1v) is 6.69. The average Bonchev–Trinajstić information content (AvgIpc) is 2.80. The largest absolute Gasteiger partial charge is 0.382 e. The Morgan fingerprint density at radius 2 is 2.26 bits per heavy atom. The van der Waals surface area contributed by atoms with Crippen LogP contribution in [0.25, 0.3) is 0 Å². The molecule has 1 fully saturated rings. The molecule has 19 heavy (non-hydrogen) atoms. The molecule has 1 heterocycles. The highest BCUT2D eigenvalue weighted by Gasteiger charge is 2.31. The van der Waals surface area contributed by atoms with E-state index in [0.29, 0.717) is 5.92 Å². The van der Waals surface area contributed by atoms with E-state index in [9.17, 15) is 4.79 Å². The van der Waals surface area contributed by atoms with Crippen LogP contribution in [0.5, 0.6) is 0 Å². The van der Waals surface area contributed by atoms with E-state index in [1.54, 1.807) is 10.9 Å². The van der Waals surface area contributed by atoms with Gasteiger partial charge in [-0.1, -0.05) is 19.8 Å². The van der Waals surface area contributed by atoms with E-state index in [4.69, 9.17) is 16.9 Å². The predicted molar refractivity (Wildman–Crippen MR) is 74.1 cm³/mol. The van der Waals surface area contributed by atoms with Crippen LogP contribution in [0.15, 0.2) is 6.20 Å². The van der Waals surface area contributed by atoms with Crippen molar-refractivity contribution in [1.29, 1.82) is 5.41 Å². The van der Waals surface area contributed by atoms with Crippen LogP contribution in [0.3, 0.4) is 0 Å². The zero-order chi connectivity index (χ0) is 14.0. The molecule has 0 bridgehead atoms. The van der Waals surface area contributed by atoms with Crippen molar-refractivity contribution in [2.75, 3.05) is 5.73 Å². The normalized spacial score (nSPS) is 24.9. The first kappa shape index (κ1) is 13.6. The van der Waals surface area contributed by atoms with Crippen LogP contribution in [-0.2, 0) is 0 Å². The van der Waals surface area contributed by atoms with Gasteiger partial charge in [0.15, 0.2) is 5.82 Å². The lowest BCUT2D eigenvalue weighted by molar-refractivity contribution is 0.100. The lowest BCUT2D eigenvalue weighted by atomic mass is 9.77. The van der Waals surface area contributed by atoms with E-state index in [0.717, 1.165) is 19.3 Å². The third-order valence-corrected chi connectivity index (χ3v) is 4.09. The SMILES string of the molecule is CC(C=N)[C@@H]1CCCCC1n1cc(C(N)=O)c(N)n1. The molecule has 2 unspecified atom stereocenters. The Morgan fingerprint density at radius 1 is 1.58 bits per heavy atom. The van der Waals surface area contributed by atoms with Gasteiger partial charge in [0.2, 0.25) is 0 Å². The van der Waals surface area contributed by atoms with Gasteiger partial charge in [-0.05, 0) is 30.9 Å². The summed E-state index contributed by atoms with van der Waals surface area (Å²) in [7, 11) is 0. The number of hydrogen-bond acceptors (Lipinski definition) is 4. The van der Waals surface area contributed by atoms with Gasteiger partial charge in [0.1, 0.15) is 5.56 Å². The summed E-state index contributed by atoms with van der Waals surface area (Å²) in [6.45, 7) is 2.05. The van der Waals surface area contributed by atoms with Gasteiger partial charge in [0, 0.05) is 6.20 Å². The standard InChI is InChI=1S/C13H21N5O/c1-8(6-14)9-4-2-3-5-11(9)18-7-10(13(16)19)12(15)17-18/h6-9,11,14H,2-5H2,1H3,(H2,15,17)(H2,16,19)/t8?,9-,11?/m0/s1. The molecule has 0 aliphatic heterocycles. The van der Waals surface area contributed by atoms with Gasteiger partial charge < -0.3 is 16.9 Å². The first-order valence-electron chi connectivity index (χ1n) is 6.69. The van der Waals surface area contributed by atoms with E-state index < -0.39 is 5.91 Å². The summed E-state index contributed by atoms with van der Waals surface area (Å²) in [6.07, 6.45) is 7.54. The van der Waals surface area contributed by atoms with Crippen LogP contribution in [0.1, 0.15) is 49.0 Å². The fourth-order valence-electron chi connectivity index (χ4n) is 2.97. The molecular weight excluding hydrogens is 242 g/mol. The number of rotatable bonds is 4. The Morgan fingerprint density at radius 3 is 2.84 bits per heavy atom. The van der Waals surface area contributed by atoms with E-state index in [-0.39, 0.29) is 23.3 Å². The Hall–Kier alpha value is -1.85. The fraction of sp³-hybridized carbons (Fsp3) is 0.615. The van der Waals surface area contributed by atoms with Gasteiger partial charge in [0.05, 0.1) is 6.04 Å². The fourth-order valence-corrected chi connectivity index (χ4v) is 2.97. The molecule has 3 atom stereocenters. The van der Waals surface area contributed by atoms with Gasteiger partial charge in [0.25, 0.3) is 5.91 Å². The highest BCUT2D eigenvalue weighted by Crippen LogP contribution is 2.38. The number of amides is 1. The van der Waals surface area contributed by atoms with Crippen molar-refractivity contribution in [2.45, 2.75) is 38.6 Å². The Balaban J connectivity index is 2.29. The van der Waals surface area contributed by atoms with Crippen molar-refractivity contribution in [1.82, 2.24) is 9.78 Å². The number of anilines is 1. The van der Waals surface area contributed by atoms with E-state index >= 15 is 0 Å². The van der Waals surface area contributed by atoms with Crippen molar-refractivity contribution in [2.24, 2.45) is 17.6 Å². The van der Waals surface area contributed by atoms with Gasteiger partial charge in [-0.15, -0.1) is 0 Å². The molecule has 1 aromatic rings. The molecule has 0 spiro atoms. The minimum atomic E-state index is -0.545.